The molecule has 6 heteroatoms. The second-order valence-corrected chi connectivity index (χ2v) is 8.70. The van der Waals surface area contributed by atoms with Crippen LogP contribution in [0.2, 0.25) is 10.0 Å². The highest BCUT2D eigenvalue weighted by atomic mass is 35.5. The van der Waals surface area contributed by atoms with Crippen LogP contribution in [0.25, 0.3) is 17.2 Å². The Bertz CT molecular complexity index is 1120. The summed E-state index contributed by atoms with van der Waals surface area (Å²) < 4.78 is 0. The minimum atomic E-state index is 0.301. The number of hydrogen-bond acceptors (Lipinski definition) is 4. The third-order valence-electron chi connectivity index (χ3n) is 5.76. The number of halogens is 2. The summed E-state index contributed by atoms with van der Waals surface area (Å²) >= 11 is 12.3. The molecule has 0 fully saturated rings. The lowest BCUT2D eigenvalue weighted by Crippen LogP contribution is -2.32. The van der Waals surface area contributed by atoms with Gasteiger partial charge in [-0.1, -0.05) is 61.3 Å². The average Bonchev–Trinajstić information content (AvgIpc) is 2.79. The van der Waals surface area contributed by atoms with Crippen LogP contribution in [0, 0.1) is 0 Å². The molecule has 1 heterocycles. The summed E-state index contributed by atoms with van der Waals surface area (Å²) in [4.78, 5) is 2.28. The van der Waals surface area contributed by atoms with Crippen LogP contribution in [0.1, 0.15) is 25.0 Å². The highest BCUT2D eigenvalue weighted by Crippen LogP contribution is 2.37. The van der Waals surface area contributed by atoms with E-state index >= 15 is 0 Å². The topological polar surface area (TPSA) is 38.7 Å². The summed E-state index contributed by atoms with van der Waals surface area (Å²) in [6.45, 7) is 7.47. The number of phenols is 1. The van der Waals surface area contributed by atoms with Crippen molar-refractivity contribution in [2.45, 2.75) is 20.4 Å². The van der Waals surface area contributed by atoms with E-state index in [1.165, 1.54) is 0 Å². The first kappa shape index (κ1) is 22.5. The van der Waals surface area contributed by atoms with Crippen molar-refractivity contribution in [3.63, 3.8) is 0 Å². The number of nitrogens with one attached hydrogen (secondary N) is 1. The zero-order chi connectivity index (χ0) is 22.7. The molecule has 4 rings (SSSR count). The summed E-state index contributed by atoms with van der Waals surface area (Å²) in [5.74, 6) is 0.301. The third kappa shape index (κ3) is 4.88. The van der Waals surface area contributed by atoms with Crippen LogP contribution in [0.3, 0.4) is 0 Å². The first-order chi connectivity index (χ1) is 15.5. The number of anilines is 2. The molecule has 2 N–H and O–H groups in total. The van der Waals surface area contributed by atoms with Gasteiger partial charge in [0, 0.05) is 33.3 Å². The van der Waals surface area contributed by atoms with Crippen molar-refractivity contribution in [2.75, 3.05) is 30.1 Å². The maximum Gasteiger partial charge on any atom is 0.128 e. The zero-order valence-corrected chi connectivity index (χ0v) is 19.8. The van der Waals surface area contributed by atoms with E-state index in [1.807, 2.05) is 54.6 Å². The van der Waals surface area contributed by atoms with Gasteiger partial charge in [-0.2, -0.15) is 0 Å². The largest absolute Gasteiger partial charge is 0.507 e. The predicted octanol–water partition coefficient (Wildman–Crippen LogP) is 7.07. The molecule has 1 aliphatic heterocycles. The summed E-state index contributed by atoms with van der Waals surface area (Å²) in [6, 6.07) is 17.4. The van der Waals surface area contributed by atoms with Crippen LogP contribution in [0.5, 0.6) is 5.75 Å². The summed E-state index contributed by atoms with van der Waals surface area (Å²) in [5.41, 5.74) is 9.15. The number of phenolic OH excluding ortho intramolecular Hbond substituents is 1. The van der Waals surface area contributed by atoms with Gasteiger partial charge in [-0.05, 0) is 61.1 Å². The number of rotatable bonds is 7. The molecule has 3 aromatic rings. The smallest absolute Gasteiger partial charge is 0.128 e. The Balaban J connectivity index is 1.74. The molecular formula is C26H27Cl2N3O. The second-order valence-electron chi connectivity index (χ2n) is 7.83. The van der Waals surface area contributed by atoms with Gasteiger partial charge in [-0.3, -0.25) is 15.3 Å². The van der Waals surface area contributed by atoms with Crippen molar-refractivity contribution in [2.24, 2.45) is 0 Å². The van der Waals surface area contributed by atoms with Crippen LogP contribution in [0.4, 0.5) is 11.4 Å². The number of nitrogens with zero attached hydrogens (tertiary/aromatic N) is 2. The first-order valence-corrected chi connectivity index (χ1v) is 11.6. The standard InChI is InChI=1S/C26H27Cl2N3O/c1-3-30(4-2)17-20-15-23(16-24(26(20)32)18-7-9-21(27)10-8-18)29-31-13-5-6-19-14-22(28)11-12-25(19)31/h5-12,14-16,29,32H,3-4,13,17H2,1-2H3. The zero-order valence-electron chi connectivity index (χ0n) is 18.3. The number of aromatic hydroxyl groups is 1. The molecule has 3 aromatic carbocycles. The number of benzene rings is 3. The van der Waals surface area contributed by atoms with Crippen molar-refractivity contribution < 1.29 is 5.11 Å². The lowest BCUT2D eigenvalue weighted by atomic mass is 10.00. The molecule has 1 aliphatic rings. The van der Waals surface area contributed by atoms with Crippen LogP contribution >= 0.6 is 23.2 Å². The van der Waals surface area contributed by atoms with Gasteiger partial charge in [-0.15, -0.1) is 0 Å². The van der Waals surface area contributed by atoms with E-state index in [0.29, 0.717) is 22.3 Å². The average molecular weight is 468 g/mol. The van der Waals surface area contributed by atoms with Crippen molar-refractivity contribution in [3.8, 4) is 16.9 Å². The van der Waals surface area contributed by atoms with Crippen molar-refractivity contribution in [3.05, 3.63) is 81.8 Å². The molecule has 0 bridgehead atoms. The molecule has 0 aromatic heterocycles. The van der Waals surface area contributed by atoms with Crippen LogP contribution in [-0.2, 0) is 6.54 Å². The Hall–Kier alpha value is -2.66. The van der Waals surface area contributed by atoms with Gasteiger partial charge in [0.2, 0.25) is 0 Å². The molecule has 32 heavy (non-hydrogen) atoms. The third-order valence-corrected chi connectivity index (χ3v) is 6.25. The molecule has 0 unspecified atom stereocenters. The number of hydrogen-bond donors (Lipinski definition) is 2. The lowest BCUT2D eigenvalue weighted by Gasteiger charge is -2.30. The minimum Gasteiger partial charge on any atom is -0.507 e. The summed E-state index contributed by atoms with van der Waals surface area (Å²) in [5, 5.41) is 14.6. The summed E-state index contributed by atoms with van der Waals surface area (Å²) in [7, 11) is 0. The van der Waals surface area contributed by atoms with Crippen LogP contribution in [-0.4, -0.2) is 29.6 Å². The van der Waals surface area contributed by atoms with E-state index in [2.05, 4.69) is 41.3 Å². The Kier molecular flexibility index (Phi) is 6.95. The van der Waals surface area contributed by atoms with E-state index in [-0.39, 0.29) is 0 Å². The molecule has 0 aliphatic carbocycles. The fraction of sp³-hybridized carbons (Fsp3) is 0.231. The van der Waals surface area contributed by atoms with E-state index in [9.17, 15) is 5.11 Å². The van der Waals surface area contributed by atoms with E-state index in [0.717, 1.165) is 53.3 Å². The normalized spacial score (nSPS) is 12.8. The first-order valence-electron chi connectivity index (χ1n) is 10.8. The van der Waals surface area contributed by atoms with Crippen LogP contribution in [0.15, 0.2) is 60.7 Å². The van der Waals surface area contributed by atoms with Gasteiger partial charge < -0.3 is 5.11 Å². The maximum atomic E-state index is 11.1. The van der Waals surface area contributed by atoms with Crippen molar-refractivity contribution in [1.29, 1.82) is 0 Å². The van der Waals surface area contributed by atoms with Crippen molar-refractivity contribution >= 4 is 40.7 Å². The van der Waals surface area contributed by atoms with E-state index in [4.69, 9.17) is 23.2 Å². The Morgan fingerprint density at radius 3 is 2.41 bits per heavy atom. The SMILES string of the molecule is CCN(CC)Cc1cc(NN2CC=Cc3cc(Cl)ccc32)cc(-c2ccc(Cl)cc2)c1O. The molecule has 4 nitrogen and oxygen atoms in total. The molecule has 0 saturated carbocycles. The van der Waals surface area contributed by atoms with Gasteiger partial charge in [-0.25, -0.2) is 0 Å². The number of hydrazine groups is 1. The molecule has 0 radical (unpaired) electrons. The maximum absolute atomic E-state index is 11.1. The molecule has 166 valence electrons. The summed E-state index contributed by atoms with van der Waals surface area (Å²) in [6.07, 6.45) is 4.18. The fourth-order valence-electron chi connectivity index (χ4n) is 3.97. The van der Waals surface area contributed by atoms with Gasteiger partial charge >= 0.3 is 0 Å². The molecule has 0 amide bonds. The van der Waals surface area contributed by atoms with Gasteiger partial charge in [0.05, 0.1) is 17.9 Å². The van der Waals surface area contributed by atoms with Gasteiger partial charge in [0.1, 0.15) is 5.75 Å². The van der Waals surface area contributed by atoms with Crippen LogP contribution < -0.4 is 10.4 Å². The minimum absolute atomic E-state index is 0.301. The monoisotopic (exact) mass is 467 g/mol. The van der Waals surface area contributed by atoms with Gasteiger partial charge in [0.15, 0.2) is 0 Å². The molecule has 0 saturated heterocycles. The second kappa shape index (κ2) is 9.86. The highest BCUT2D eigenvalue weighted by molar-refractivity contribution is 6.31. The Morgan fingerprint density at radius 1 is 0.969 bits per heavy atom. The van der Waals surface area contributed by atoms with Gasteiger partial charge in [0.25, 0.3) is 0 Å². The van der Waals surface area contributed by atoms with E-state index in [1.54, 1.807) is 0 Å². The van der Waals surface area contributed by atoms with E-state index < -0.39 is 0 Å². The highest BCUT2D eigenvalue weighted by Gasteiger charge is 2.18. The molecule has 0 atom stereocenters. The molecule has 0 spiro atoms. The Morgan fingerprint density at radius 2 is 1.69 bits per heavy atom. The Labute approximate surface area is 199 Å². The predicted molar refractivity (Wildman–Crippen MR) is 137 cm³/mol. The lowest BCUT2D eigenvalue weighted by molar-refractivity contribution is 0.291. The molecular weight excluding hydrogens is 441 g/mol. The van der Waals surface area contributed by atoms with Crippen molar-refractivity contribution in [1.82, 2.24) is 4.90 Å². The quantitative estimate of drug-likeness (QED) is 0.364. The number of fused-ring (bicyclic) bond motifs is 1. The fourth-order valence-corrected chi connectivity index (χ4v) is 4.27.